The van der Waals surface area contributed by atoms with Crippen LogP contribution in [0.25, 0.3) is 11.2 Å². The van der Waals surface area contributed by atoms with Gasteiger partial charge in [0.2, 0.25) is 0 Å². The lowest BCUT2D eigenvalue weighted by Crippen LogP contribution is -2.21. The summed E-state index contributed by atoms with van der Waals surface area (Å²) in [5, 5.41) is 9.40. The number of hydrogen-bond donors (Lipinski definition) is 2. The number of hydrogen-bond acceptors (Lipinski definition) is 5. The Labute approximate surface area is 114 Å². The van der Waals surface area contributed by atoms with Crippen molar-refractivity contribution in [2.45, 2.75) is 25.7 Å². The normalized spacial score (nSPS) is 26.2. The topological polar surface area (TPSA) is 93.0 Å². The van der Waals surface area contributed by atoms with Crippen molar-refractivity contribution in [3.05, 3.63) is 35.2 Å². The first-order chi connectivity index (χ1) is 9.61. The van der Waals surface area contributed by atoms with E-state index >= 15 is 0 Å². The number of aliphatic hydroxyl groups excluding tert-OH is 1. The van der Waals surface area contributed by atoms with Crippen LogP contribution in [-0.2, 0) is 4.74 Å². The molecule has 106 valence electrons. The molecule has 7 heteroatoms. The molecule has 3 heterocycles. The first kappa shape index (κ1) is 13.0. The highest BCUT2D eigenvalue weighted by molar-refractivity contribution is 5.68. The third kappa shape index (κ3) is 1.95. The number of aliphatic hydroxyl groups is 1. The Bertz CT molecular complexity index is 705. The molecule has 0 amide bonds. The molecule has 0 spiro atoms. The predicted molar refractivity (Wildman–Crippen MR) is 72.1 cm³/mol. The second-order valence-electron chi connectivity index (χ2n) is 5.06. The van der Waals surface area contributed by atoms with Gasteiger partial charge in [0.15, 0.2) is 11.2 Å². The van der Waals surface area contributed by atoms with Gasteiger partial charge >= 0.3 is 0 Å². The van der Waals surface area contributed by atoms with Crippen LogP contribution in [0.2, 0.25) is 0 Å². The zero-order chi connectivity index (χ0) is 14.3. The molecule has 0 saturated carbocycles. The van der Waals surface area contributed by atoms with Crippen LogP contribution < -0.4 is 5.56 Å². The summed E-state index contributed by atoms with van der Waals surface area (Å²) in [6.45, 7) is 5.80. The van der Waals surface area contributed by atoms with Gasteiger partial charge < -0.3 is 14.8 Å². The molecule has 2 aromatic rings. The zero-order valence-corrected chi connectivity index (χ0v) is 11.1. The van der Waals surface area contributed by atoms with Gasteiger partial charge in [-0.25, -0.2) is 9.97 Å². The SMILES string of the molecule is C=C(C)[C@H]1C[C@H](n2cnc3c(=O)[nH]cnc32)O[C@@H]1CO. The maximum absolute atomic E-state index is 11.6. The summed E-state index contributed by atoms with van der Waals surface area (Å²) in [5.74, 6) is 0.0875. The fourth-order valence-electron chi connectivity index (χ4n) is 2.66. The molecule has 0 aliphatic carbocycles. The number of ether oxygens (including phenoxy) is 1. The van der Waals surface area contributed by atoms with Gasteiger partial charge in [-0.3, -0.25) is 9.36 Å². The minimum Gasteiger partial charge on any atom is -0.394 e. The molecule has 1 aliphatic rings. The molecule has 1 aliphatic heterocycles. The lowest BCUT2D eigenvalue weighted by atomic mass is 9.94. The Morgan fingerprint density at radius 1 is 1.65 bits per heavy atom. The number of H-pyrrole nitrogens is 1. The highest BCUT2D eigenvalue weighted by atomic mass is 16.5. The molecule has 2 N–H and O–H groups in total. The summed E-state index contributed by atoms with van der Waals surface area (Å²) in [4.78, 5) is 22.3. The van der Waals surface area contributed by atoms with E-state index in [1.807, 2.05) is 6.92 Å². The zero-order valence-electron chi connectivity index (χ0n) is 11.1. The van der Waals surface area contributed by atoms with Crippen molar-refractivity contribution in [1.82, 2.24) is 19.5 Å². The third-order valence-electron chi connectivity index (χ3n) is 3.72. The molecule has 2 aromatic heterocycles. The quantitative estimate of drug-likeness (QED) is 0.800. The first-order valence-corrected chi connectivity index (χ1v) is 6.43. The maximum atomic E-state index is 11.6. The smallest absolute Gasteiger partial charge is 0.278 e. The monoisotopic (exact) mass is 276 g/mol. The molecular formula is C13H16N4O3. The van der Waals surface area contributed by atoms with E-state index in [4.69, 9.17) is 4.74 Å². The fraction of sp³-hybridized carbons (Fsp3) is 0.462. The number of aromatic nitrogens is 4. The molecule has 3 rings (SSSR count). The van der Waals surface area contributed by atoms with Crippen molar-refractivity contribution in [2.75, 3.05) is 6.61 Å². The predicted octanol–water partition coefficient (Wildman–Crippen LogP) is 0.592. The first-order valence-electron chi connectivity index (χ1n) is 6.43. The van der Waals surface area contributed by atoms with Crippen molar-refractivity contribution < 1.29 is 9.84 Å². The van der Waals surface area contributed by atoms with Crippen LogP contribution in [0.3, 0.4) is 0 Å². The molecule has 0 radical (unpaired) electrons. The van der Waals surface area contributed by atoms with Crippen LogP contribution in [0.15, 0.2) is 29.6 Å². The van der Waals surface area contributed by atoms with E-state index in [1.165, 1.54) is 6.33 Å². The van der Waals surface area contributed by atoms with Gasteiger partial charge in [0.1, 0.15) is 6.23 Å². The second kappa shape index (κ2) is 4.84. The van der Waals surface area contributed by atoms with E-state index in [0.29, 0.717) is 12.1 Å². The van der Waals surface area contributed by atoms with Crippen molar-refractivity contribution in [1.29, 1.82) is 0 Å². The van der Waals surface area contributed by atoms with Crippen molar-refractivity contribution in [3.8, 4) is 0 Å². The Kier molecular flexibility index (Phi) is 3.15. The van der Waals surface area contributed by atoms with Gasteiger partial charge in [-0.1, -0.05) is 12.2 Å². The Morgan fingerprint density at radius 3 is 3.10 bits per heavy atom. The minimum absolute atomic E-state index is 0.0608. The number of rotatable bonds is 3. The number of nitrogens with one attached hydrogen (secondary N) is 1. The van der Waals surface area contributed by atoms with E-state index in [0.717, 1.165) is 5.57 Å². The Hall–Kier alpha value is -1.99. The lowest BCUT2D eigenvalue weighted by molar-refractivity contribution is -0.0264. The summed E-state index contributed by atoms with van der Waals surface area (Å²) >= 11 is 0. The van der Waals surface area contributed by atoms with Gasteiger partial charge in [0.05, 0.1) is 25.4 Å². The minimum atomic E-state index is -0.298. The van der Waals surface area contributed by atoms with E-state index in [1.54, 1.807) is 10.9 Å². The number of imidazole rings is 1. The van der Waals surface area contributed by atoms with Crippen molar-refractivity contribution in [3.63, 3.8) is 0 Å². The molecule has 0 unspecified atom stereocenters. The highest BCUT2D eigenvalue weighted by Crippen LogP contribution is 2.37. The fourth-order valence-corrected chi connectivity index (χ4v) is 2.66. The standard InChI is InChI=1S/C13H16N4O3/c1-7(2)8-3-10(20-9(8)4-18)17-6-16-11-12(17)14-5-15-13(11)19/h5-6,8-10,18H,1,3-4H2,2H3,(H,14,15,19)/t8-,9-,10-/m1/s1. The maximum Gasteiger partial charge on any atom is 0.278 e. The van der Waals surface area contributed by atoms with Gasteiger partial charge in [0.25, 0.3) is 5.56 Å². The number of fused-ring (bicyclic) bond motifs is 1. The molecule has 3 atom stereocenters. The molecule has 20 heavy (non-hydrogen) atoms. The van der Waals surface area contributed by atoms with E-state index in [-0.39, 0.29) is 35.9 Å². The molecule has 0 aromatic carbocycles. The van der Waals surface area contributed by atoms with Crippen LogP contribution >= 0.6 is 0 Å². The van der Waals surface area contributed by atoms with Crippen molar-refractivity contribution >= 4 is 11.2 Å². The molecule has 1 saturated heterocycles. The largest absolute Gasteiger partial charge is 0.394 e. The average Bonchev–Trinajstić information content (AvgIpc) is 3.02. The Morgan fingerprint density at radius 2 is 2.45 bits per heavy atom. The molecular weight excluding hydrogens is 260 g/mol. The van der Waals surface area contributed by atoms with Crippen LogP contribution in [-0.4, -0.2) is 37.3 Å². The van der Waals surface area contributed by atoms with E-state index in [2.05, 4.69) is 21.5 Å². The van der Waals surface area contributed by atoms with Gasteiger partial charge in [-0.2, -0.15) is 0 Å². The van der Waals surface area contributed by atoms with Gasteiger partial charge in [0, 0.05) is 12.3 Å². The number of aromatic amines is 1. The average molecular weight is 276 g/mol. The highest BCUT2D eigenvalue weighted by Gasteiger charge is 2.36. The molecule has 7 nitrogen and oxygen atoms in total. The number of nitrogens with zero attached hydrogens (tertiary/aromatic N) is 3. The van der Waals surface area contributed by atoms with Crippen LogP contribution in [0.5, 0.6) is 0 Å². The summed E-state index contributed by atoms with van der Waals surface area (Å²) < 4.78 is 7.57. The third-order valence-corrected chi connectivity index (χ3v) is 3.72. The summed E-state index contributed by atoms with van der Waals surface area (Å²) in [6.07, 6.45) is 3.00. The summed E-state index contributed by atoms with van der Waals surface area (Å²) in [6, 6.07) is 0. The van der Waals surface area contributed by atoms with Gasteiger partial charge in [-0.05, 0) is 6.92 Å². The summed E-state index contributed by atoms with van der Waals surface area (Å²) in [7, 11) is 0. The van der Waals surface area contributed by atoms with Crippen LogP contribution in [0.1, 0.15) is 19.6 Å². The van der Waals surface area contributed by atoms with E-state index in [9.17, 15) is 9.90 Å². The van der Waals surface area contributed by atoms with Crippen LogP contribution in [0, 0.1) is 5.92 Å². The molecule has 0 bridgehead atoms. The van der Waals surface area contributed by atoms with Crippen LogP contribution in [0.4, 0.5) is 0 Å². The molecule has 1 fully saturated rings. The van der Waals surface area contributed by atoms with Gasteiger partial charge in [-0.15, -0.1) is 0 Å². The second-order valence-corrected chi connectivity index (χ2v) is 5.06. The summed E-state index contributed by atoms with van der Waals surface area (Å²) in [5.41, 5.74) is 1.47. The van der Waals surface area contributed by atoms with Crippen molar-refractivity contribution in [2.24, 2.45) is 5.92 Å². The van der Waals surface area contributed by atoms with E-state index < -0.39 is 0 Å². The lowest BCUT2D eigenvalue weighted by Gasteiger charge is -2.15. The Balaban J connectivity index is 1.99.